The Kier molecular flexibility index (Phi) is 5.56. The zero-order valence-corrected chi connectivity index (χ0v) is 14.0. The van der Waals surface area contributed by atoms with Crippen LogP contribution in [0.5, 0.6) is 0 Å². The summed E-state index contributed by atoms with van der Waals surface area (Å²) in [4.78, 5) is 0.147. The molecule has 22 heavy (non-hydrogen) atoms. The largest absolute Gasteiger partial charge is 0.383 e. The van der Waals surface area contributed by atoms with Crippen molar-refractivity contribution in [1.82, 2.24) is 9.03 Å². The van der Waals surface area contributed by atoms with Gasteiger partial charge in [0.1, 0.15) is 0 Å². The first kappa shape index (κ1) is 17.4. The summed E-state index contributed by atoms with van der Waals surface area (Å²) in [6.07, 6.45) is 1.71. The quantitative estimate of drug-likeness (QED) is 0.720. The summed E-state index contributed by atoms with van der Waals surface area (Å²) < 4.78 is 57.3. The van der Waals surface area contributed by atoms with Gasteiger partial charge in [-0.3, -0.25) is 0 Å². The Morgan fingerprint density at radius 2 is 1.59 bits per heavy atom. The molecule has 124 valence electrons. The van der Waals surface area contributed by atoms with Gasteiger partial charge in [0, 0.05) is 26.7 Å². The monoisotopic (exact) mass is 348 g/mol. The molecule has 7 nitrogen and oxygen atoms in total. The van der Waals surface area contributed by atoms with Crippen LogP contribution >= 0.6 is 0 Å². The molecule has 9 heteroatoms. The van der Waals surface area contributed by atoms with Crippen molar-refractivity contribution in [3.63, 3.8) is 0 Å². The minimum atomic E-state index is -3.65. The Morgan fingerprint density at radius 3 is 2.14 bits per heavy atom. The maximum absolute atomic E-state index is 12.4. The van der Waals surface area contributed by atoms with Crippen LogP contribution in [-0.2, 0) is 24.8 Å². The third kappa shape index (κ3) is 3.85. The summed E-state index contributed by atoms with van der Waals surface area (Å²) >= 11 is 0. The number of methoxy groups -OCH3 is 1. The van der Waals surface area contributed by atoms with E-state index in [1.807, 2.05) is 0 Å². The number of benzene rings is 1. The van der Waals surface area contributed by atoms with Crippen LogP contribution in [-0.4, -0.2) is 54.5 Å². The second kappa shape index (κ2) is 7.05. The van der Waals surface area contributed by atoms with Crippen LogP contribution in [0.15, 0.2) is 34.1 Å². The molecular weight excluding hydrogens is 328 g/mol. The van der Waals surface area contributed by atoms with Crippen LogP contribution in [0.2, 0.25) is 0 Å². The Labute approximate surface area is 131 Å². The first-order valence-corrected chi connectivity index (χ1v) is 9.89. The summed E-state index contributed by atoms with van der Waals surface area (Å²) in [5.74, 6) is 0. The molecule has 1 fully saturated rings. The Balaban J connectivity index is 2.16. The molecule has 1 saturated heterocycles. The summed E-state index contributed by atoms with van der Waals surface area (Å²) in [6, 6.07) is 5.27. The SMILES string of the molecule is COCCNS(=O)(=O)c1ccc(S(=O)(=O)N2CCCC2)cc1. The normalized spacial score (nSPS) is 17.0. The standard InChI is InChI=1S/C13H20N2O5S2/c1-20-11-8-14-21(16,17)12-4-6-13(7-5-12)22(18,19)15-9-2-3-10-15/h4-7,14H,2-3,8-11H2,1H3. The van der Waals surface area contributed by atoms with Gasteiger partial charge in [-0.05, 0) is 37.1 Å². The molecule has 1 N–H and O–H groups in total. The van der Waals surface area contributed by atoms with E-state index < -0.39 is 20.0 Å². The fourth-order valence-electron chi connectivity index (χ4n) is 2.23. The molecule has 0 unspecified atom stereocenters. The zero-order valence-electron chi connectivity index (χ0n) is 12.4. The fraction of sp³-hybridized carbons (Fsp3) is 0.538. The van der Waals surface area contributed by atoms with Crippen molar-refractivity contribution in [2.24, 2.45) is 0 Å². The van der Waals surface area contributed by atoms with E-state index in [4.69, 9.17) is 4.74 Å². The van der Waals surface area contributed by atoms with Crippen LogP contribution in [0.4, 0.5) is 0 Å². The van der Waals surface area contributed by atoms with Crippen molar-refractivity contribution < 1.29 is 21.6 Å². The van der Waals surface area contributed by atoms with Crippen molar-refractivity contribution in [2.75, 3.05) is 33.4 Å². The van der Waals surface area contributed by atoms with Gasteiger partial charge >= 0.3 is 0 Å². The van der Waals surface area contributed by atoms with Gasteiger partial charge in [0.2, 0.25) is 20.0 Å². The molecule has 0 aromatic heterocycles. The molecule has 1 aliphatic heterocycles. The van der Waals surface area contributed by atoms with E-state index in [0.29, 0.717) is 13.1 Å². The minimum absolute atomic E-state index is 0.0315. The molecule has 0 amide bonds. The van der Waals surface area contributed by atoms with Gasteiger partial charge in [-0.1, -0.05) is 0 Å². The maximum atomic E-state index is 12.4. The Bertz CT molecular complexity index is 692. The highest BCUT2D eigenvalue weighted by Gasteiger charge is 2.27. The number of hydrogen-bond acceptors (Lipinski definition) is 5. The van der Waals surface area contributed by atoms with E-state index in [1.54, 1.807) is 0 Å². The summed E-state index contributed by atoms with van der Waals surface area (Å²) in [5, 5.41) is 0. The van der Waals surface area contributed by atoms with Crippen LogP contribution in [0.25, 0.3) is 0 Å². The van der Waals surface area contributed by atoms with E-state index in [0.717, 1.165) is 12.8 Å². The topological polar surface area (TPSA) is 92.8 Å². The molecule has 1 aromatic rings. The Morgan fingerprint density at radius 1 is 1.05 bits per heavy atom. The van der Waals surface area contributed by atoms with E-state index >= 15 is 0 Å². The molecule has 0 atom stereocenters. The van der Waals surface area contributed by atoms with E-state index in [1.165, 1.54) is 35.7 Å². The molecular formula is C13H20N2O5S2. The van der Waals surface area contributed by atoms with Gasteiger partial charge in [-0.25, -0.2) is 21.6 Å². The van der Waals surface area contributed by atoms with E-state index in [9.17, 15) is 16.8 Å². The van der Waals surface area contributed by atoms with E-state index in [-0.39, 0.29) is 22.9 Å². The maximum Gasteiger partial charge on any atom is 0.243 e. The first-order chi connectivity index (χ1) is 10.4. The third-order valence-electron chi connectivity index (χ3n) is 3.44. The second-order valence-electron chi connectivity index (χ2n) is 4.97. The minimum Gasteiger partial charge on any atom is -0.383 e. The number of nitrogens with one attached hydrogen (secondary N) is 1. The molecule has 0 saturated carbocycles. The van der Waals surface area contributed by atoms with E-state index in [2.05, 4.69) is 4.72 Å². The Hall–Kier alpha value is -1.00. The molecule has 0 radical (unpaired) electrons. The van der Waals surface area contributed by atoms with Gasteiger partial charge in [0.25, 0.3) is 0 Å². The molecule has 1 heterocycles. The van der Waals surface area contributed by atoms with Crippen molar-refractivity contribution in [3.8, 4) is 0 Å². The zero-order chi connectivity index (χ0) is 16.2. The molecule has 0 bridgehead atoms. The summed E-state index contributed by atoms with van der Waals surface area (Å²) in [7, 11) is -5.70. The van der Waals surface area contributed by atoms with Crippen molar-refractivity contribution in [2.45, 2.75) is 22.6 Å². The number of sulfonamides is 2. The van der Waals surface area contributed by atoms with Crippen molar-refractivity contribution in [3.05, 3.63) is 24.3 Å². The highest BCUT2D eigenvalue weighted by Crippen LogP contribution is 2.22. The average molecular weight is 348 g/mol. The number of ether oxygens (including phenoxy) is 1. The lowest BCUT2D eigenvalue weighted by molar-refractivity contribution is 0.204. The molecule has 1 aliphatic rings. The molecule has 0 aliphatic carbocycles. The van der Waals surface area contributed by atoms with Gasteiger partial charge < -0.3 is 4.74 Å². The summed E-state index contributed by atoms with van der Waals surface area (Å²) in [5.41, 5.74) is 0. The predicted molar refractivity (Wildman–Crippen MR) is 81.5 cm³/mol. The van der Waals surface area contributed by atoms with Crippen molar-refractivity contribution in [1.29, 1.82) is 0 Å². The van der Waals surface area contributed by atoms with Crippen LogP contribution in [0.3, 0.4) is 0 Å². The highest BCUT2D eigenvalue weighted by molar-refractivity contribution is 7.89. The number of nitrogens with zero attached hydrogens (tertiary/aromatic N) is 1. The molecule has 2 rings (SSSR count). The average Bonchev–Trinajstić information content (AvgIpc) is 3.02. The van der Waals surface area contributed by atoms with Crippen LogP contribution in [0.1, 0.15) is 12.8 Å². The van der Waals surface area contributed by atoms with Crippen LogP contribution in [0, 0.1) is 0 Å². The van der Waals surface area contributed by atoms with Gasteiger partial charge in [0.05, 0.1) is 16.4 Å². The number of rotatable bonds is 7. The lowest BCUT2D eigenvalue weighted by Crippen LogP contribution is -2.28. The molecule has 1 aromatic carbocycles. The lowest BCUT2D eigenvalue weighted by Gasteiger charge is -2.15. The summed E-state index contributed by atoms with van der Waals surface area (Å²) in [6.45, 7) is 1.45. The fourth-order valence-corrected chi connectivity index (χ4v) is 4.76. The van der Waals surface area contributed by atoms with Crippen molar-refractivity contribution >= 4 is 20.0 Å². The van der Waals surface area contributed by atoms with Gasteiger partial charge in [-0.2, -0.15) is 4.31 Å². The lowest BCUT2D eigenvalue weighted by atomic mass is 10.4. The first-order valence-electron chi connectivity index (χ1n) is 6.97. The third-order valence-corrected chi connectivity index (χ3v) is 6.82. The number of hydrogen-bond donors (Lipinski definition) is 1. The van der Waals surface area contributed by atoms with Gasteiger partial charge in [-0.15, -0.1) is 0 Å². The van der Waals surface area contributed by atoms with Gasteiger partial charge in [0.15, 0.2) is 0 Å². The predicted octanol–water partition coefficient (Wildman–Crippen LogP) is 0.396. The molecule has 0 spiro atoms. The van der Waals surface area contributed by atoms with Crippen LogP contribution < -0.4 is 4.72 Å². The second-order valence-corrected chi connectivity index (χ2v) is 8.68. The highest BCUT2D eigenvalue weighted by atomic mass is 32.2. The smallest absolute Gasteiger partial charge is 0.243 e.